The number of benzene rings is 1. The minimum atomic E-state index is 0.438. The van der Waals surface area contributed by atoms with Gasteiger partial charge in [-0.25, -0.2) is 0 Å². The van der Waals surface area contributed by atoms with Crippen molar-refractivity contribution in [1.82, 2.24) is 15.1 Å². The van der Waals surface area contributed by atoms with Gasteiger partial charge in [-0.1, -0.05) is 12.1 Å². The molecular weight excluding hydrogens is 316 g/mol. The molecule has 0 saturated carbocycles. The Kier molecular flexibility index (Phi) is 4.55. The Hall–Kier alpha value is -2.18. The summed E-state index contributed by atoms with van der Waals surface area (Å²) in [5, 5.41) is 8.91. The lowest BCUT2D eigenvalue weighted by molar-refractivity contribution is -0.0469. The molecule has 0 aliphatic carbocycles. The number of morpholine rings is 1. The van der Waals surface area contributed by atoms with E-state index in [0.717, 1.165) is 55.7 Å². The van der Waals surface area contributed by atoms with E-state index in [1.165, 1.54) is 0 Å². The van der Waals surface area contributed by atoms with Gasteiger partial charge in [-0.15, -0.1) is 10.2 Å². The van der Waals surface area contributed by atoms with Crippen molar-refractivity contribution in [3.8, 4) is 17.0 Å². The number of nitrogens with zero attached hydrogens (tertiary/aromatic N) is 4. The van der Waals surface area contributed by atoms with Crippen LogP contribution in [0.15, 0.2) is 36.4 Å². The zero-order valence-corrected chi connectivity index (χ0v) is 14.8. The molecule has 0 unspecified atom stereocenters. The van der Waals surface area contributed by atoms with Crippen LogP contribution in [0, 0.1) is 0 Å². The Morgan fingerprint density at radius 2 is 1.96 bits per heavy atom. The monoisotopic (exact) mass is 340 g/mol. The van der Waals surface area contributed by atoms with E-state index in [1.54, 1.807) is 7.11 Å². The molecule has 2 aromatic rings. The smallest absolute Gasteiger partial charge is 0.151 e. The minimum Gasteiger partial charge on any atom is -0.496 e. The van der Waals surface area contributed by atoms with Gasteiger partial charge in [0, 0.05) is 31.2 Å². The van der Waals surface area contributed by atoms with Crippen LogP contribution in [0.2, 0.25) is 0 Å². The molecule has 2 saturated heterocycles. The summed E-state index contributed by atoms with van der Waals surface area (Å²) in [6, 6.07) is 12.9. The topological polar surface area (TPSA) is 50.7 Å². The van der Waals surface area contributed by atoms with Crippen molar-refractivity contribution in [2.45, 2.75) is 19.0 Å². The van der Waals surface area contributed by atoms with E-state index >= 15 is 0 Å². The molecule has 0 bridgehead atoms. The summed E-state index contributed by atoms with van der Waals surface area (Å²) in [5.41, 5.74) is 1.79. The van der Waals surface area contributed by atoms with Gasteiger partial charge in [-0.2, -0.15) is 0 Å². The first kappa shape index (κ1) is 16.3. The third-order valence-corrected chi connectivity index (χ3v) is 5.12. The van der Waals surface area contributed by atoms with Crippen molar-refractivity contribution in [3.05, 3.63) is 36.4 Å². The Balaban J connectivity index is 1.51. The highest BCUT2D eigenvalue weighted by Gasteiger charge is 2.34. The maximum Gasteiger partial charge on any atom is 0.151 e. The average molecular weight is 340 g/mol. The van der Waals surface area contributed by atoms with E-state index in [9.17, 15) is 0 Å². The molecule has 6 heteroatoms. The summed E-state index contributed by atoms with van der Waals surface area (Å²) in [5.74, 6) is 1.74. The Morgan fingerprint density at radius 3 is 2.76 bits per heavy atom. The number of methoxy groups -OCH3 is 1. The van der Waals surface area contributed by atoms with E-state index in [2.05, 4.69) is 33.0 Å². The van der Waals surface area contributed by atoms with E-state index in [4.69, 9.17) is 9.47 Å². The van der Waals surface area contributed by atoms with Crippen LogP contribution in [0.25, 0.3) is 11.3 Å². The fourth-order valence-corrected chi connectivity index (χ4v) is 3.77. The average Bonchev–Trinajstić information content (AvgIpc) is 2.68. The minimum absolute atomic E-state index is 0.438. The number of aromatic nitrogens is 2. The molecule has 2 fully saturated rings. The highest BCUT2D eigenvalue weighted by Crippen LogP contribution is 2.29. The molecule has 2 aliphatic rings. The molecule has 1 aromatic carbocycles. The van der Waals surface area contributed by atoms with Crippen molar-refractivity contribution in [3.63, 3.8) is 0 Å². The number of anilines is 1. The first-order valence-corrected chi connectivity index (χ1v) is 8.82. The van der Waals surface area contributed by atoms with Crippen LogP contribution in [0.4, 0.5) is 5.82 Å². The second-order valence-corrected chi connectivity index (χ2v) is 6.70. The third-order valence-electron chi connectivity index (χ3n) is 5.12. The van der Waals surface area contributed by atoms with Crippen molar-refractivity contribution in [2.75, 3.05) is 44.9 Å². The molecule has 1 aromatic heterocycles. The number of piperazine rings is 1. The lowest BCUT2D eigenvalue weighted by atomic mass is 10.1. The third kappa shape index (κ3) is 3.19. The predicted molar refractivity (Wildman–Crippen MR) is 97.0 cm³/mol. The summed E-state index contributed by atoms with van der Waals surface area (Å²) in [7, 11) is 1.67. The van der Waals surface area contributed by atoms with Gasteiger partial charge in [0.05, 0.1) is 32.1 Å². The van der Waals surface area contributed by atoms with Crippen LogP contribution in [0.5, 0.6) is 5.75 Å². The molecule has 132 valence electrons. The van der Waals surface area contributed by atoms with Gasteiger partial charge >= 0.3 is 0 Å². The van der Waals surface area contributed by atoms with Gasteiger partial charge in [-0.05, 0) is 31.2 Å². The molecule has 4 rings (SSSR count). The van der Waals surface area contributed by atoms with E-state index in [0.29, 0.717) is 12.1 Å². The number of ether oxygens (including phenoxy) is 2. The predicted octanol–water partition coefficient (Wildman–Crippen LogP) is 2.06. The van der Waals surface area contributed by atoms with Gasteiger partial charge in [0.25, 0.3) is 0 Å². The number of fused-ring (bicyclic) bond motifs is 1. The number of hydrogen-bond donors (Lipinski definition) is 0. The lowest BCUT2D eigenvalue weighted by Gasteiger charge is -2.47. The summed E-state index contributed by atoms with van der Waals surface area (Å²) >= 11 is 0. The SMILES string of the molecule is COc1ccccc1-c1ccc(N2CCN3[C@@H](COC[C@@H]3C)C2)nn1. The van der Waals surface area contributed by atoms with Crippen LogP contribution < -0.4 is 9.64 Å². The number of hydrogen-bond acceptors (Lipinski definition) is 6. The van der Waals surface area contributed by atoms with Crippen molar-refractivity contribution in [1.29, 1.82) is 0 Å². The Labute approximate surface area is 148 Å². The van der Waals surface area contributed by atoms with Crippen LogP contribution in [0.1, 0.15) is 6.92 Å². The van der Waals surface area contributed by atoms with Gasteiger partial charge < -0.3 is 14.4 Å². The van der Waals surface area contributed by atoms with Gasteiger partial charge in [0.1, 0.15) is 5.75 Å². The number of rotatable bonds is 3. The molecule has 2 aliphatic heterocycles. The Bertz CT molecular complexity index is 722. The van der Waals surface area contributed by atoms with E-state index < -0.39 is 0 Å². The van der Waals surface area contributed by atoms with Crippen LogP contribution in [-0.4, -0.2) is 67.1 Å². The quantitative estimate of drug-likeness (QED) is 0.852. The first-order valence-electron chi connectivity index (χ1n) is 8.82. The summed E-state index contributed by atoms with van der Waals surface area (Å²) < 4.78 is 11.1. The molecule has 3 heterocycles. The normalized spacial score (nSPS) is 24.0. The maximum atomic E-state index is 5.72. The van der Waals surface area contributed by atoms with E-state index in [1.807, 2.05) is 30.3 Å². The van der Waals surface area contributed by atoms with Gasteiger partial charge in [0.15, 0.2) is 5.82 Å². The molecule has 0 amide bonds. The van der Waals surface area contributed by atoms with Gasteiger partial charge in [-0.3, -0.25) is 4.90 Å². The fourth-order valence-electron chi connectivity index (χ4n) is 3.77. The Morgan fingerprint density at radius 1 is 1.08 bits per heavy atom. The lowest BCUT2D eigenvalue weighted by Crippen LogP contribution is -2.61. The largest absolute Gasteiger partial charge is 0.496 e. The second-order valence-electron chi connectivity index (χ2n) is 6.70. The molecule has 0 radical (unpaired) electrons. The molecular formula is C19H24N4O2. The van der Waals surface area contributed by atoms with Crippen LogP contribution in [-0.2, 0) is 4.74 Å². The van der Waals surface area contributed by atoms with Crippen molar-refractivity contribution >= 4 is 5.82 Å². The molecule has 25 heavy (non-hydrogen) atoms. The molecule has 6 nitrogen and oxygen atoms in total. The standard InChI is InChI=1S/C19H24N4O2/c1-14-12-25-13-15-11-22(9-10-23(14)15)19-8-7-17(20-21-19)16-5-3-4-6-18(16)24-2/h3-8,14-15H,9-13H2,1-2H3/t14-,15+/m0/s1. The van der Waals surface area contributed by atoms with Crippen molar-refractivity contribution < 1.29 is 9.47 Å². The first-order chi connectivity index (χ1) is 12.3. The highest BCUT2D eigenvalue weighted by atomic mass is 16.5. The maximum absolute atomic E-state index is 5.72. The molecule has 0 N–H and O–H groups in total. The van der Waals surface area contributed by atoms with Crippen molar-refractivity contribution in [2.24, 2.45) is 0 Å². The molecule has 0 spiro atoms. The summed E-state index contributed by atoms with van der Waals surface area (Å²) in [6.45, 7) is 6.84. The molecule has 2 atom stereocenters. The zero-order valence-electron chi connectivity index (χ0n) is 14.8. The summed E-state index contributed by atoms with van der Waals surface area (Å²) in [6.07, 6.45) is 0. The summed E-state index contributed by atoms with van der Waals surface area (Å²) in [4.78, 5) is 4.86. The van der Waals surface area contributed by atoms with Crippen LogP contribution >= 0.6 is 0 Å². The number of para-hydroxylation sites is 1. The second kappa shape index (κ2) is 6.98. The van der Waals surface area contributed by atoms with Crippen LogP contribution in [0.3, 0.4) is 0 Å². The van der Waals surface area contributed by atoms with Gasteiger partial charge in [0.2, 0.25) is 0 Å². The zero-order chi connectivity index (χ0) is 17.2. The van der Waals surface area contributed by atoms with E-state index in [-0.39, 0.29) is 0 Å². The highest BCUT2D eigenvalue weighted by molar-refractivity contribution is 5.67. The fraction of sp³-hybridized carbons (Fsp3) is 0.474.